The van der Waals surface area contributed by atoms with E-state index in [1.165, 1.54) is 38.6 Å². The van der Waals surface area contributed by atoms with Crippen molar-refractivity contribution < 1.29 is 4.79 Å². The largest absolute Gasteiger partial charge is 0.337 e. The summed E-state index contributed by atoms with van der Waals surface area (Å²) in [5.74, 6) is 0.126. The van der Waals surface area contributed by atoms with Crippen molar-refractivity contribution in [3.05, 3.63) is 0 Å². The Hall–Kier alpha value is -0.610. The lowest BCUT2D eigenvalue weighted by molar-refractivity contribution is -0.131. The Labute approximate surface area is 97.8 Å². The summed E-state index contributed by atoms with van der Waals surface area (Å²) < 4.78 is 0. The Kier molecular flexibility index (Phi) is 3.82. The Morgan fingerprint density at radius 1 is 1.38 bits per heavy atom. The highest BCUT2D eigenvalue weighted by Gasteiger charge is 2.34. The molecule has 92 valence electrons. The average molecular weight is 225 g/mol. The molecule has 2 fully saturated rings. The number of likely N-dealkylation sites (N-methyl/N-ethyl adjacent to an activating group) is 1. The number of hydrogen-bond donors (Lipinski definition) is 1. The molecular formula is C12H23N3O. The van der Waals surface area contributed by atoms with Gasteiger partial charge in [-0.2, -0.15) is 0 Å². The molecule has 1 atom stereocenters. The fourth-order valence-electron chi connectivity index (χ4n) is 2.56. The van der Waals surface area contributed by atoms with Gasteiger partial charge >= 0.3 is 0 Å². The van der Waals surface area contributed by atoms with Gasteiger partial charge in [0.05, 0.1) is 6.54 Å². The van der Waals surface area contributed by atoms with E-state index in [0.29, 0.717) is 12.1 Å². The van der Waals surface area contributed by atoms with Crippen LogP contribution in [0.1, 0.15) is 32.1 Å². The summed E-state index contributed by atoms with van der Waals surface area (Å²) in [6.45, 7) is 2.21. The second kappa shape index (κ2) is 5.15. The van der Waals surface area contributed by atoms with Crippen LogP contribution in [0.25, 0.3) is 0 Å². The Balaban J connectivity index is 1.91. The first-order valence-electron chi connectivity index (χ1n) is 6.42. The van der Waals surface area contributed by atoms with E-state index in [1.54, 1.807) is 0 Å². The van der Waals surface area contributed by atoms with Gasteiger partial charge in [0, 0.05) is 18.6 Å². The van der Waals surface area contributed by atoms with Gasteiger partial charge in [-0.25, -0.2) is 0 Å². The molecule has 1 saturated heterocycles. The van der Waals surface area contributed by atoms with Crippen molar-refractivity contribution in [1.82, 2.24) is 9.80 Å². The zero-order valence-electron chi connectivity index (χ0n) is 10.2. The topological polar surface area (TPSA) is 49.6 Å². The fourth-order valence-corrected chi connectivity index (χ4v) is 2.56. The van der Waals surface area contributed by atoms with Gasteiger partial charge in [0.15, 0.2) is 0 Å². The SMILES string of the molecule is CN1CCCC[C@@H]1CN(C(=O)CN)C1CC1. The fraction of sp³-hybridized carbons (Fsp3) is 0.917. The van der Waals surface area contributed by atoms with Gasteiger partial charge in [-0.15, -0.1) is 0 Å². The molecule has 16 heavy (non-hydrogen) atoms. The minimum atomic E-state index is 0.126. The van der Waals surface area contributed by atoms with E-state index in [9.17, 15) is 4.79 Å². The summed E-state index contributed by atoms with van der Waals surface area (Å²) in [4.78, 5) is 16.2. The van der Waals surface area contributed by atoms with Crippen molar-refractivity contribution in [2.75, 3.05) is 26.7 Å². The first-order chi connectivity index (χ1) is 7.72. The third-order valence-corrected chi connectivity index (χ3v) is 3.81. The summed E-state index contributed by atoms with van der Waals surface area (Å²) >= 11 is 0. The lowest BCUT2D eigenvalue weighted by atomic mass is 10.0. The number of carbonyl (C=O) groups excluding carboxylic acids is 1. The van der Waals surface area contributed by atoms with Crippen LogP contribution in [0.5, 0.6) is 0 Å². The Bertz CT molecular complexity index is 253. The van der Waals surface area contributed by atoms with Gasteiger partial charge in [0.1, 0.15) is 0 Å². The second-order valence-corrected chi connectivity index (χ2v) is 5.11. The highest BCUT2D eigenvalue weighted by atomic mass is 16.2. The zero-order valence-corrected chi connectivity index (χ0v) is 10.2. The Morgan fingerprint density at radius 3 is 2.69 bits per heavy atom. The molecule has 2 aliphatic rings. The van der Waals surface area contributed by atoms with E-state index >= 15 is 0 Å². The van der Waals surface area contributed by atoms with Crippen LogP contribution >= 0.6 is 0 Å². The number of likely N-dealkylation sites (tertiary alicyclic amines) is 1. The monoisotopic (exact) mass is 225 g/mol. The maximum atomic E-state index is 11.8. The Morgan fingerprint density at radius 2 is 2.12 bits per heavy atom. The minimum Gasteiger partial charge on any atom is -0.337 e. The lowest BCUT2D eigenvalue weighted by Crippen LogP contribution is -2.48. The van der Waals surface area contributed by atoms with Crippen LogP contribution in [-0.2, 0) is 4.79 Å². The number of nitrogens with two attached hydrogens (primary N) is 1. The number of rotatable bonds is 4. The molecule has 0 bridgehead atoms. The average Bonchev–Trinajstić information content (AvgIpc) is 3.11. The number of carbonyl (C=O) groups is 1. The first-order valence-corrected chi connectivity index (χ1v) is 6.42. The smallest absolute Gasteiger partial charge is 0.236 e. The molecule has 2 rings (SSSR count). The third-order valence-electron chi connectivity index (χ3n) is 3.81. The van der Waals surface area contributed by atoms with Crippen molar-refractivity contribution in [1.29, 1.82) is 0 Å². The third kappa shape index (κ3) is 2.74. The normalized spacial score (nSPS) is 26.8. The van der Waals surface area contributed by atoms with E-state index in [-0.39, 0.29) is 12.5 Å². The van der Waals surface area contributed by atoms with Gasteiger partial charge in [0.25, 0.3) is 0 Å². The van der Waals surface area contributed by atoms with Gasteiger partial charge in [-0.05, 0) is 39.3 Å². The molecule has 1 aliphatic heterocycles. The molecule has 4 heteroatoms. The summed E-state index contributed by atoms with van der Waals surface area (Å²) in [5.41, 5.74) is 5.47. The van der Waals surface area contributed by atoms with Crippen LogP contribution in [0, 0.1) is 0 Å². The van der Waals surface area contributed by atoms with Crippen molar-refractivity contribution in [2.45, 2.75) is 44.2 Å². The van der Waals surface area contributed by atoms with Crippen LogP contribution in [0.2, 0.25) is 0 Å². The van der Waals surface area contributed by atoms with Crippen LogP contribution < -0.4 is 5.73 Å². The number of amides is 1. The van der Waals surface area contributed by atoms with E-state index in [4.69, 9.17) is 5.73 Å². The van der Waals surface area contributed by atoms with Crippen LogP contribution in [0.4, 0.5) is 0 Å². The molecule has 0 aromatic carbocycles. The van der Waals surface area contributed by atoms with E-state index in [2.05, 4.69) is 11.9 Å². The van der Waals surface area contributed by atoms with Crippen LogP contribution in [-0.4, -0.2) is 54.5 Å². The maximum Gasteiger partial charge on any atom is 0.236 e. The van der Waals surface area contributed by atoms with E-state index in [0.717, 1.165) is 6.54 Å². The van der Waals surface area contributed by atoms with E-state index in [1.807, 2.05) is 4.90 Å². The number of nitrogens with zero attached hydrogens (tertiary/aromatic N) is 2. The molecule has 0 spiro atoms. The molecule has 1 heterocycles. The molecule has 4 nitrogen and oxygen atoms in total. The maximum absolute atomic E-state index is 11.8. The van der Waals surface area contributed by atoms with Gasteiger partial charge in [-0.3, -0.25) is 4.79 Å². The molecule has 0 aromatic rings. The minimum absolute atomic E-state index is 0.126. The molecule has 1 saturated carbocycles. The molecular weight excluding hydrogens is 202 g/mol. The molecule has 1 amide bonds. The zero-order chi connectivity index (χ0) is 11.5. The molecule has 0 aromatic heterocycles. The number of hydrogen-bond acceptors (Lipinski definition) is 3. The summed E-state index contributed by atoms with van der Waals surface area (Å²) in [6, 6.07) is 1.04. The molecule has 2 N–H and O–H groups in total. The van der Waals surface area contributed by atoms with E-state index < -0.39 is 0 Å². The summed E-state index contributed by atoms with van der Waals surface area (Å²) in [5, 5.41) is 0. The predicted molar refractivity (Wildman–Crippen MR) is 64.1 cm³/mol. The second-order valence-electron chi connectivity index (χ2n) is 5.11. The predicted octanol–water partition coefficient (Wildman–Crippen LogP) is 0.420. The quantitative estimate of drug-likeness (QED) is 0.754. The lowest BCUT2D eigenvalue weighted by Gasteiger charge is -2.36. The van der Waals surface area contributed by atoms with Gasteiger partial charge in [-0.1, -0.05) is 6.42 Å². The standard InChI is InChI=1S/C12H23N3O/c1-14-7-3-2-4-11(14)9-15(10-5-6-10)12(16)8-13/h10-11H,2-9,13H2,1H3/t11-/m1/s1. The van der Waals surface area contributed by atoms with Crippen molar-refractivity contribution >= 4 is 5.91 Å². The van der Waals surface area contributed by atoms with Gasteiger partial charge in [0.2, 0.25) is 5.91 Å². The molecule has 1 aliphatic carbocycles. The van der Waals surface area contributed by atoms with Crippen molar-refractivity contribution in [3.8, 4) is 0 Å². The van der Waals surface area contributed by atoms with Crippen LogP contribution in [0.15, 0.2) is 0 Å². The first kappa shape index (κ1) is 11.9. The molecule has 0 unspecified atom stereocenters. The summed E-state index contributed by atoms with van der Waals surface area (Å²) in [6.07, 6.45) is 6.15. The highest BCUT2D eigenvalue weighted by molar-refractivity contribution is 5.78. The molecule has 0 radical (unpaired) electrons. The summed E-state index contributed by atoms with van der Waals surface area (Å²) in [7, 11) is 2.17. The van der Waals surface area contributed by atoms with Crippen molar-refractivity contribution in [2.24, 2.45) is 5.73 Å². The van der Waals surface area contributed by atoms with Crippen molar-refractivity contribution in [3.63, 3.8) is 0 Å². The highest BCUT2D eigenvalue weighted by Crippen LogP contribution is 2.28. The number of piperidine rings is 1. The van der Waals surface area contributed by atoms with Gasteiger partial charge < -0.3 is 15.5 Å². The van der Waals surface area contributed by atoms with Crippen LogP contribution in [0.3, 0.4) is 0 Å².